The van der Waals surface area contributed by atoms with E-state index in [9.17, 15) is 9.90 Å². The van der Waals surface area contributed by atoms with Crippen molar-refractivity contribution in [2.75, 3.05) is 6.54 Å². The van der Waals surface area contributed by atoms with Gasteiger partial charge in [-0.05, 0) is 55.6 Å². The van der Waals surface area contributed by atoms with Crippen molar-refractivity contribution in [1.82, 2.24) is 25.3 Å². The second kappa shape index (κ2) is 7.08. The number of nitrogens with one attached hydrogen (secondary N) is 1. The number of hydrogen-bond acceptors (Lipinski definition) is 5. The highest BCUT2D eigenvalue weighted by Gasteiger charge is 2.24. The normalized spacial score (nSPS) is 14.9. The molecular weight excluding hydrogens is 342 g/mol. The van der Waals surface area contributed by atoms with Crippen molar-refractivity contribution in [2.45, 2.75) is 45.7 Å². The molecule has 140 valence electrons. The minimum Gasteiger partial charge on any atom is -0.481 e. The van der Waals surface area contributed by atoms with Gasteiger partial charge in [0.15, 0.2) is 0 Å². The van der Waals surface area contributed by atoms with Gasteiger partial charge in [-0.15, -0.1) is 5.10 Å². The van der Waals surface area contributed by atoms with Crippen LogP contribution >= 0.6 is 0 Å². The molecule has 0 bridgehead atoms. The fourth-order valence-corrected chi connectivity index (χ4v) is 3.89. The van der Waals surface area contributed by atoms with E-state index in [1.54, 1.807) is 0 Å². The van der Waals surface area contributed by atoms with Gasteiger partial charge in [0, 0.05) is 24.7 Å². The number of pyridine rings is 1. The van der Waals surface area contributed by atoms with Gasteiger partial charge in [0.2, 0.25) is 0 Å². The number of carboxylic acid groups (broad SMARTS) is 1. The summed E-state index contributed by atoms with van der Waals surface area (Å²) in [6.45, 7) is 6.44. The molecule has 1 aromatic carbocycles. The minimum absolute atomic E-state index is 0.00647. The van der Waals surface area contributed by atoms with Crippen molar-refractivity contribution >= 4 is 17.0 Å². The molecule has 3 aromatic rings. The molecule has 0 saturated heterocycles. The van der Waals surface area contributed by atoms with E-state index in [-0.39, 0.29) is 12.3 Å². The number of carboxylic acids is 1. The number of benzene rings is 1. The first-order valence-electron chi connectivity index (χ1n) is 9.32. The molecular formula is C20H23N5O2. The lowest BCUT2D eigenvalue weighted by Crippen LogP contribution is -2.25. The highest BCUT2D eigenvalue weighted by atomic mass is 16.4. The lowest BCUT2D eigenvalue weighted by molar-refractivity contribution is -0.137. The molecule has 1 atom stereocenters. The van der Waals surface area contributed by atoms with Crippen LogP contribution in [0.3, 0.4) is 0 Å². The third-order valence-corrected chi connectivity index (χ3v) is 5.35. The Morgan fingerprint density at radius 2 is 2.19 bits per heavy atom. The van der Waals surface area contributed by atoms with Gasteiger partial charge in [-0.3, -0.25) is 9.78 Å². The summed E-state index contributed by atoms with van der Waals surface area (Å²) in [5.41, 5.74) is 6.76. The Balaban J connectivity index is 1.82. The Morgan fingerprint density at radius 1 is 1.33 bits per heavy atom. The fraction of sp³-hybridized carbons (Fsp3) is 0.400. The molecule has 2 aromatic heterocycles. The summed E-state index contributed by atoms with van der Waals surface area (Å²) in [7, 11) is 0. The van der Waals surface area contributed by atoms with Crippen molar-refractivity contribution in [1.29, 1.82) is 0 Å². The molecule has 1 aliphatic heterocycles. The summed E-state index contributed by atoms with van der Waals surface area (Å²) in [6, 6.07) is 8.05. The summed E-state index contributed by atoms with van der Waals surface area (Å²) in [5.74, 6) is -1.15. The number of fused-ring (bicyclic) bond motifs is 2. The lowest BCUT2D eigenvalue weighted by Gasteiger charge is -2.21. The van der Waals surface area contributed by atoms with Crippen LogP contribution in [0.1, 0.15) is 47.3 Å². The van der Waals surface area contributed by atoms with Crippen LogP contribution in [0.25, 0.3) is 11.0 Å². The molecule has 7 nitrogen and oxygen atoms in total. The highest BCUT2D eigenvalue weighted by Crippen LogP contribution is 2.33. The van der Waals surface area contributed by atoms with Crippen molar-refractivity contribution in [3.8, 4) is 0 Å². The average molecular weight is 365 g/mol. The fourth-order valence-electron chi connectivity index (χ4n) is 3.89. The molecule has 0 aliphatic carbocycles. The van der Waals surface area contributed by atoms with Crippen LogP contribution < -0.4 is 5.32 Å². The number of aliphatic carboxylic acids is 1. The number of aromatic nitrogens is 4. The lowest BCUT2D eigenvalue weighted by atomic mass is 9.87. The van der Waals surface area contributed by atoms with Crippen molar-refractivity contribution in [2.24, 2.45) is 0 Å². The summed E-state index contributed by atoms with van der Waals surface area (Å²) in [6.07, 6.45) is 0.949. The second-order valence-corrected chi connectivity index (χ2v) is 6.97. The maximum absolute atomic E-state index is 11.6. The van der Waals surface area contributed by atoms with Crippen molar-refractivity contribution in [3.63, 3.8) is 0 Å². The Bertz CT molecular complexity index is 1010. The molecule has 0 fully saturated rings. The molecule has 0 spiro atoms. The van der Waals surface area contributed by atoms with E-state index in [0.29, 0.717) is 0 Å². The maximum atomic E-state index is 11.6. The molecule has 0 unspecified atom stereocenters. The van der Waals surface area contributed by atoms with Gasteiger partial charge >= 0.3 is 5.97 Å². The first kappa shape index (κ1) is 17.6. The molecule has 2 N–H and O–H groups in total. The van der Waals surface area contributed by atoms with Crippen LogP contribution in [0, 0.1) is 6.92 Å². The summed E-state index contributed by atoms with van der Waals surface area (Å²) < 4.78 is 1.85. The van der Waals surface area contributed by atoms with E-state index < -0.39 is 5.97 Å². The smallest absolute Gasteiger partial charge is 0.304 e. The number of rotatable bonds is 5. The van der Waals surface area contributed by atoms with Crippen LogP contribution in [0.4, 0.5) is 0 Å². The number of hydrogen-bond donors (Lipinski definition) is 2. The maximum Gasteiger partial charge on any atom is 0.304 e. The SMILES string of the molecule is CCn1nnc2c(C)c([C@@H](CC(=O)O)c3ccc4c(n3)CNCC4)ccc21. The Morgan fingerprint density at radius 3 is 2.96 bits per heavy atom. The molecule has 3 heterocycles. The van der Waals surface area contributed by atoms with Gasteiger partial charge in [0.05, 0.1) is 17.6 Å². The highest BCUT2D eigenvalue weighted by molar-refractivity contribution is 5.80. The predicted molar refractivity (Wildman–Crippen MR) is 102 cm³/mol. The van der Waals surface area contributed by atoms with Gasteiger partial charge in [0.1, 0.15) is 5.52 Å². The van der Waals surface area contributed by atoms with Crippen LogP contribution in [0.2, 0.25) is 0 Å². The van der Waals surface area contributed by atoms with E-state index in [2.05, 4.69) is 21.7 Å². The average Bonchev–Trinajstić information content (AvgIpc) is 3.10. The number of nitrogens with zero attached hydrogens (tertiary/aromatic N) is 4. The van der Waals surface area contributed by atoms with Crippen LogP contribution in [-0.4, -0.2) is 37.6 Å². The van der Waals surface area contributed by atoms with Crippen LogP contribution in [0.15, 0.2) is 24.3 Å². The monoisotopic (exact) mass is 365 g/mol. The predicted octanol–water partition coefficient (Wildman–Crippen LogP) is 2.41. The summed E-state index contributed by atoms with van der Waals surface area (Å²) >= 11 is 0. The number of carbonyl (C=O) groups is 1. The Hall–Kier alpha value is -2.80. The van der Waals surface area contributed by atoms with Crippen LogP contribution in [0.5, 0.6) is 0 Å². The quantitative estimate of drug-likeness (QED) is 0.721. The zero-order valence-corrected chi connectivity index (χ0v) is 15.6. The van der Waals surface area contributed by atoms with E-state index in [1.807, 2.05) is 36.7 Å². The van der Waals surface area contributed by atoms with Gasteiger partial charge in [-0.1, -0.05) is 17.3 Å². The van der Waals surface area contributed by atoms with E-state index in [0.717, 1.165) is 59.6 Å². The molecule has 7 heteroatoms. The summed E-state index contributed by atoms with van der Waals surface area (Å²) in [4.78, 5) is 16.4. The van der Waals surface area contributed by atoms with Crippen LogP contribution in [-0.2, 0) is 24.3 Å². The van der Waals surface area contributed by atoms with Crippen molar-refractivity contribution in [3.05, 3.63) is 52.3 Å². The molecule has 0 saturated carbocycles. The molecule has 0 amide bonds. The first-order valence-corrected chi connectivity index (χ1v) is 9.32. The third kappa shape index (κ3) is 3.19. The first-order chi connectivity index (χ1) is 13.1. The van der Waals surface area contributed by atoms with Gasteiger partial charge < -0.3 is 10.4 Å². The third-order valence-electron chi connectivity index (χ3n) is 5.35. The topological polar surface area (TPSA) is 92.9 Å². The minimum atomic E-state index is -0.839. The largest absolute Gasteiger partial charge is 0.481 e. The van der Waals surface area contributed by atoms with E-state index in [4.69, 9.17) is 4.98 Å². The van der Waals surface area contributed by atoms with Gasteiger partial charge in [-0.2, -0.15) is 0 Å². The summed E-state index contributed by atoms with van der Waals surface area (Å²) in [5, 5.41) is 21.4. The molecule has 0 radical (unpaired) electrons. The zero-order valence-electron chi connectivity index (χ0n) is 15.6. The van der Waals surface area contributed by atoms with Crippen molar-refractivity contribution < 1.29 is 9.90 Å². The van der Waals surface area contributed by atoms with E-state index >= 15 is 0 Å². The molecule has 4 rings (SSSR count). The Labute approximate surface area is 157 Å². The standard InChI is InChI=1S/C20H23N5O2/c1-3-25-18-7-5-14(12(2)20(18)23-24-25)15(10-19(26)27)16-6-4-13-8-9-21-11-17(13)22-16/h4-7,15,21H,3,8-11H2,1-2H3,(H,26,27)/t15-/m1/s1. The second-order valence-electron chi connectivity index (χ2n) is 6.97. The molecule has 27 heavy (non-hydrogen) atoms. The van der Waals surface area contributed by atoms with Gasteiger partial charge in [0.25, 0.3) is 0 Å². The van der Waals surface area contributed by atoms with E-state index in [1.165, 1.54) is 5.56 Å². The Kier molecular flexibility index (Phi) is 4.61. The zero-order chi connectivity index (χ0) is 19.0. The van der Waals surface area contributed by atoms with Gasteiger partial charge in [-0.25, -0.2) is 4.68 Å². The molecule has 1 aliphatic rings. The number of aryl methyl sites for hydroxylation is 2.